The fourth-order valence-electron chi connectivity index (χ4n) is 3.42. The number of carbonyl (C=O) groups is 1. The lowest BCUT2D eigenvalue weighted by Crippen LogP contribution is -2.49. The zero-order chi connectivity index (χ0) is 20.6. The Labute approximate surface area is 164 Å². The number of aliphatic hydroxyl groups excluding tert-OH is 1. The van der Waals surface area contributed by atoms with Gasteiger partial charge in [-0.15, -0.1) is 0 Å². The lowest BCUT2D eigenvalue weighted by atomic mass is 9.94. The van der Waals surface area contributed by atoms with Crippen molar-refractivity contribution in [1.29, 1.82) is 0 Å². The van der Waals surface area contributed by atoms with E-state index < -0.39 is 28.1 Å². The van der Waals surface area contributed by atoms with Gasteiger partial charge in [0.25, 0.3) is 10.0 Å². The Morgan fingerprint density at radius 2 is 1.96 bits per heavy atom. The van der Waals surface area contributed by atoms with Gasteiger partial charge in [-0.2, -0.15) is 0 Å². The minimum absolute atomic E-state index is 0.169. The number of phenols is 1. The number of benzene rings is 2. The number of phenolic OH excluding ortho intramolecular Hbond substituents is 1. The summed E-state index contributed by atoms with van der Waals surface area (Å²) in [4.78, 5) is 11.7. The number of ether oxygens (including phenoxy) is 1. The first-order chi connectivity index (χ1) is 13.2. The van der Waals surface area contributed by atoms with Crippen LogP contribution in [0.4, 0.5) is 5.69 Å². The average Bonchev–Trinajstić information content (AvgIpc) is 2.67. The number of esters is 1. The normalized spacial score (nSPS) is 19.2. The van der Waals surface area contributed by atoms with Gasteiger partial charge in [-0.1, -0.05) is 19.1 Å². The summed E-state index contributed by atoms with van der Waals surface area (Å²) in [6.07, 6.45) is 0.289. The lowest BCUT2D eigenvalue weighted by Gasteiger charge is -2.39. The second kappa shape index (κ2) is 7.44. The molecule has 1 heterocycles. The van der Waals surface area contributed by atoms with E-state index in [-0.39, 0.29) is 16.2 Å². The Hall–Kier alpha value is -2.58. The van der Waals surface area contributed by atoms with Gasteiger partial charge in [-0.3, -0.25) is 4.31 Å². The van der Waals surface area contributed by atoms with Crippen LogP contribution in [0.2, 0.25) is 0 Å². The maximum absolute atomic E-state index is 13.4. The maximum atomic E-state index is 13.4. The van der Waals surface area contributed by atoms with Gasteiger partial charge in [0, 0.05) is 6.42 Å². The van der Waals surface area contributed by atoms with E-state index in [0.717, 1.165) is 36.8 Å². The Balaban J connectivity index is 2.15. The van der Waals surface area contributed by atoms with Crippen molar-refractivity contribution in [2.24, 2.45) is 0 Å². The van der Waals surface area contributed by atoms with Crippen molar-refractivity contribution in [3.8, 4) is 5.75 Å². The van der Waals surface area contributed by atoms with Crippen LogP contribution in [0.25, 0.3) is 0 Å². The molecule has 1 aliphatic heterocycles. The molecule has 0 fully saturated rings. The summed E-state index contributed by atoms with van der Waals surface area (Å²) in [6, 6.07) is 8.28. The van der Waals surface area contributed by atoms with Gasteiger partial charge in [-0.05, 0) is 48.7 Å². The van der Waals surface area contributed by atoms with E-state index >= 15 is 0 Å². The van der Waals surface area contributed by atoms with Crippen LogP contribution in [0.1, 0.15) is 35.3 Å². The van der Waals surface area contributed by atoms with Gasteiger partial charge in [0.1, 0.15) is 11.3 Å². The molecule has 0 spiro atoms. The number of aromatic hydroxyl groups is 1. The first-order valence-electron chi connectivity index (χ1n) is 8.96. The molecular formula is C20H23NO6S. The van der Waals surface area contributed by atoms with E-state index in [0.29, 0.717) is 12.1 Å². The zero-order valence-electron chi connectivity index (χ0n) is 15.9. The average molecular weight is 405 g/mol. The van der Waals surface area contributed by atoms with Gasteiger partial charge >= 0.3 is 5.97 Å². The maximum Gasteiger partial charge on any atom is 0.341 e. The van der Waals surface area contributed by atoms with Crippen LogP contribution in [-0.2, 0) is 27.6 Å². The number of hydrogen-bond donors (Lipinski definition) is 2. The summed E-state index contributed by atoms with van der Waals surface area (Å²) >= 11 is 0. The van der Waals surface area contributed by atoms with E-state index in [4.69, 9.17) is 0 Å². The number of methoxy groups -OCH3 is 1. The van der Waals surface area contributed by atoms with Crippen molar-refractivity contribution in [2.45, 2.75) is 43.7 Å². The van der Waals surface area contributed by atoms with Gasteiger partial charge < -0.3 is 14.9 Å². The molecule has 0 unspecified atom stereocenters. The van der Waals surface area contributed by atoms with Crippen molar-refractivity contribution in [1.82, 2.24) is 0 Å². The molecule has 0 aliphatic carbocycles. The van der Waals surface area contributed by atoms with Crippen LogP contribution in [0, 0.1) is 0 Å². The minimum atomic E-state index is -4.10. The fourth-order valence-corrected chi connectivity index (χ4v) is 5.17. The number of aryl methyl sites for hydroxylation is 1. The van der Waals surface area contributed by atoms with Crippen LogP contribution in [0.3, 0.4) is 0 Å². The second-order valence-electron chi connectivity index (χ2n) is 6.80. The molecule has 7 nitrogen and oxygen atoms in total. The predicted octanol–water partition coefficient (Wildman–Crippen LogP) is 2.24. The molecule has 1 aliphatic rings. The number of sulfonamides is 1. The fraction of sp³-hybridized carbons (Fsp3) is 0.350. The van der Waals surface area contributed by atoms with Crippen molar-refractivity contribution in [3.63, 3.8) is 0 Å². The SMILES string of the molecule is CCc1ccc2c(c1)C[C@@H](O)[C@H](C)N2S(=O)(=O)c1ccc(O)c(C(=O)OC)c1. The van der Waals surface area contributed by atoms with Gasteiger partial charge in [0.15, 0.2) is 0 Å². The predicted molar refractivity (Wildman–Crippen MR) is 104 cm³/mol. The molecule has 0 bridgehead atoms. The van der Waals surface area contributed by atoms with Crippen LogP contribution in [-0.4, -0.2) is 43.9 Å². The standard InChI is InChI=1S/C20H23NO6S/c1-4-13-5-7-17-14(9-13)10-19(23)12(2)21(17)28(25,26)15-6-8-18(22)16(11-15)20(24)27-3/h5-9,11-12,19,22-23H,4,10H2,1-3H3/t12-,19+/m0/s1. The summed E-state index contributed by atoms with van der Waals surface area (Å²) in [5, 5.41) is 20.3. The number of carbonyl (C=O) groups excluding carboxylic acids is 1. The number of rotatable bonds is 4. The molecule has 8 heteroatoms. The Kier molecular flexibility index (Phi) is 5.36. The molecule has 0 radical (unpaired) electrons. The van der Waals surface area contributed by atoms with Crippen molar-refractivity contribution >= 4 is 21.7 Å². The van der Waals surface area contributed by atoms with Crippen molar-refractivity contribution in [2.75, 3.05) is 11.4 Å². The molecule has 0 saturated carbocycles. The molecule has 2 aromatic rings. The van der Waals surface area contributed by atoms with Gasteiger partial charge in [0.2, 0.25) is 0 Å². The number of hydrogen-bond acceptors (Lipinski definition) is 6. The largest absolute Gasteiger partial charge is 0.507 e. The third kappa shape index (κ3) is 3.33. The van der Waals surface area contributed by atoms with E-state index in [1.165, 1.54) is 10.4 Å². The highest BCUT2D eigenvalue weighted by Gasteiger charge is 2.38. The molecule has 3 rings (SSSR count). The summed E-state index contributed by atoms with van der Waals surface area (Å²) in [5.41, 5.74) is 2.06. The quantitative estimate of drug-likeness (QED) is 0.756. The smallest absolute Gasteiger partial charge is 0.341 e. The number of anilines is 1. The third-order valence-electron chi connectivity index (χ3n) is 5.08. The van der Waals surface area contributed by atoms with Gasteiger partial charge in [0.05, 0.1) is 29.8 Å². The molecule has 0 amide bonds. The highest BCUT2D eigenvalue weighted by Crippen LogP contribution is 2.37. The summed E-state index contributed by atoms with van der Waals surface area (Å²) in [6.45, 7) is 3.64. The summed E-state index contributed by atoms with van der Waals surface area (Å²) in [5.74, 6) is -1.21. The van der Waals surface area contributed by atoms with Gasteiger partial charge in [-0.25, -0.2) is 13.2 Å². The monoisotopic (exact) mass is 405 g/mol. The molecule has 2 N–H and O–H groups in total. The van der Waals surface area contributed by atoms with Crippen molar-refractivity contribution in [3.05, 3.63) is 53.1 Å². The van der Waals surface area contributed by atoms with Crippen LogP contribution < -0.4 is 4.31 Å². The van der Waals surface area contributed by atoms with E-state index in [1.54, 1.807) is 13.0 Å². The van der Waals surface area contributed by atoms with E-state index in [2.05, 4.69) is 4.74 Å². The number of aliphatic hydroxyl groups is 1. The molecule has 28 heavy (non-hydrogen) atoms. The highest BCUT2D eigenvalue weighted by molar-refractivity contribution is 7.92. The van der Waals surface area contributed by atoms with E-state index in [1.807, 2.05) is 19.1 Å². The molecule has 0 aromatic heterocycles. The molecule has 2 atom stereocenters. The first kappa shape index (κ1) is 20.2. The number of fused-ring (bicyclic) bond motifs is 1. The van der Waals surface area contributed by atoms with Crippen LogP contribution in [0.15, 0.2) is 41.3 Å². The highest BCUT2D eigenvalue weighted by atomic mass is 32.2. The Morgan fingerprint density at radius 3 is 2.61 bits per heavy atom. The summed E-state index contributed by atoms with van der Waals surface area (Å²) in [7, 11) is -2.96. The lowest BCUT2D eigenvalue weighted by molar-refractivity contribution is 0.0597. The second-order valence-corrected chi connectivity index (χ2v) is 8.62. The Morgan fingerprint density at radius 1 is 1.25 bits per heavy atom. The zero-order valence-corrected chi connectivity index (χ0v) is 16.7. The molecule has 0 saturated heterocycles. The molecule has 150 valence electrons. The van der Waals surface area contributed by atoms with Crippen LogP contribution >= 0.6 is 0 Å². The molecule has 2 aromatic carbocycles. The number of nitrogens with zero attached hydrogens (tertiary/aromatic N) is 1. The first-order valence-corrected chi connectivity index (χ1v) is 10.4. The van der Waals surface area contributed by atoms with Crippen molar-refractivity contribution < 1.29 is 28.2 Å². The Bertz CT molecular complexity index is 1020. The van der Waals surface area contributed by atoms with E-state index in [9.17, 15) is 23.4 Å². The summed E-state index contributed by atoms with van der Waals surface area (Å²) < 4.78 is 32.6. The topological polar surface area (TPSA) is 104 Å². The molecular weight excluding hydrogens is 382 g/mol. The third-order valence-corrected chi connectivity index (χ3v) is 6.97. The minimum Gasteiger partial charge on any atom is -0.507 e. The van der Waals surface area contributed by atoms with Crippen LogP contribution in [0.5, 0.6) is 5.75 Å².